The van der Waals surface area contributed by atoms with Crippen molar-refractivity contribution in [3.05, 3.63) is 94.1 Å². The van der Waals surface area contributed by atoms with E-state index in [-0.39, 0.29) is 5.56 Å². The summed E-state index contributed by atoms with van der Waals surface area (Å²) >= 11 is 3.25. The van der Waals surface area contributed by atoms with E-state index in [2.05, 4.69) is 31.4 Å². The molecule has 134 valence electrons. The zero-order valence-corrected chi connectivity index (χ0v) is 15.6. The molecule has 0 aliphatic rings. The van der Waals surface area contributed by atoms with Crippen molar-refractivity contribution in [1.82, 2.24) is 14.6 Å². The molecule has 1 amide bonds. The van der Waals surface area contributed by atoms with Crippen LogP contribution in [0.25, 0.3) is 5.65 Å². The quantitative estimate of drug-likeness (QED) is 0.525. The molecule has 4 rings (SSSR count). The predicted octanol–water partition coefficient (Wildman–Crippen LogP) is 4.47. The van der Waals surface area contributed by atoms with E-state index >= 15 is 0 Å². The average Bonchev–Trinajstić information content (AvgIpc) is 3.08. The van der Waals surface area contributed by atoms with Gasteiger partial charge < -0.3 is 5.32 Å². The minimum atomic E-state index is -0.564. The highest BCUT2D eigenvalue weighted by Gasteiger charge is 2.12. The Morgan fingerprint density at radius 3 is 2.70 bits per heavy atom. The van der Waals surface area contributed by atoms with Gasteiger partial charge in [0.05, 0.1) is 5.56 Å². The summed E-state index contributed by atoms with van der Waals surface area (Å²) in [6.45, 7) is 0. The van der Waals surface area contributed by atoms with Gasteiger partial charge in [-0.25, -0.2) is 4.39 Å². The summed E-state index contributed by atoms with van der Waals surface area (Å²) in [4.78, 5) is 12.3. The number of hydrogen-bond acceptors (Lipinski definition) is 3. The molecule has 0 aliphatic carbocycles. The van der Waals surface area contributed by atoms with Crippen molar-refractivity contribution >= 4 is 33.2 Å². The summed E-state index contributed by atoms with van der Waals surface area (Å²) in [6.07, 6.45) is 2.53. The van der Waals surface area contributed by atoms with E-state index in [0.29, 0.717) is 16.6 Å². The molecule has 0 spiro atoms. The Kier molecular flexibility index (Phi) is 4.68. The Hall–Kier alpha value is -3.06. The highest BCUT2D eigenvalue weighted by Crippen LogP contribution is 2.18. The van der Waals surface area contributed by atoms with Crippen LogP contribution in [0.15, 0.2) is 71.3 Å². The third kappa shape index (κ3) is 3.73. The third-order valence-electron chi connectivity index (χ3n) is 4.13. The van der Waals surface area contributed by atoms with Gasteiger partial charge in [-0.3, -0.25) is 9.20 Å². The van der Waals surface area contributed by atoms with Crippen LogP contribution in [0, 0.1) is 5.82 Å². The van der Waals surface area contributed by atoms with Crippen molar-refractivity contribution in [3.8, 4) is 0 Å². The minimum absolute atomic E-state index is 0.0108. The highest BCUT2D eigenvalue weighted by molar-refractivity contribution is 9.10. The monoisotopic (exact) mass is 424 g/mol. The fraction of sp³-hybridized carbons (Fsp3) is 0.0500. The Balaban J connectivity index is 1.49. The SMILES string of the molecule is O=C(Nc1ccc(Cc2nnc3ccccn23)cc1)c1cc(Br)ccc1F. The Morgan fingerprint density at radius 1 is 1.07 bits per heavy atom. The van der Waals surface area contributed by atoms with Crippen molar-refractivity contribution in [2.24, 2.45) is 0 Å². The molecular weight excluding hydrogens is 411 g/mol. The molecule has 0 saturated heterocycles. The topological polar surface area (TPSA) is 59.3 Å². The fourth-order valence-corrected chi connectivity index (χ4v) is 3.13. The number of hydrogen-bond donors (Lipinski definition) is 1. The second kappa shape index (κ2) is 7.28. The van der Waals surface area contributed by atoms with Crippen LogP contribution in [-0.4, -0.2) is 20.5 Å². The van der Waals surface area contributed by atoms with E-state index in [1.165, 1.54) is 12.1 Å². The van der Waals surface area contributed by atoms with Gasteiger partial charge in [0.15, 0.2) is 5.65 Å². The highest BCUT2D eigenvalue weighted by atomic mass is 79.9. The molecule has 0 radical (unpaired) electrons. The summed E-state index contributed by atoms with van der Waals surface area (Å²) < 4.78 is 16.4. The van der Waals surface area contributed by atoms with Gasteiger partial charge >= 0.3 is 0 Å². The van der Waals surface area contributed by atoms with Crippen LogP contribution in [0.5, 0.6) is 0 Å². The maximum absolute atomic E-state index is 13.8. The van der Waals surface area contributed by atoms with Crippen molar-refractivity contribution in [2.45, 2.75) is 6.42 Å². The van der Waals surface area contributed by atoms with Crippen LogP contribution < -0.4 is 5.32 Å². The molecule has 2 aromatic heterocycles. The number of nitrogens with zero attached hydrogens (tertiary/aromatic N) is 3. The van der Waals surface area contributed by atoms with Crippen molar-refractivity contribution in [2.75, 3.05) is 5.32 Å². The molecule has 0 fully saturated rings. The first-order chi connectivity index (χ1) is 13.1. The molecule has 4 aromatic rings. The normalized spacial score (nSPS) is 10.9. The summed E-state index contributed by atoms with van der Waals surface area (Å²) in [5, 5.41) is 11.1. The Labute approximate surface area is 163 Å². The van der Waals surface area contributed by atoms with Gasteiger partial charge in [-0.1, -0.05) is 34.1 Å². The molecule has 27 heavy (non-hydrogen) atoms. The summed E-state index contributed by atoms with van der Waals surface area (Å²) in [6, 6.07) is 17.4. The number of carbonyl (C=O) groups is 1. The average molecular weight is 425 g/mol. The van der Waals surface area contributed by atoms with Gasteiger partial charge in [-0.2, -0.15) is 0 Å². The van der Waals surface area contributed by atoms with Gasteiger partial charge in [0.1, 0.15) is 11.6 Å². The number of anilines is 1. The van der Waals surface area contributed by atoms with Gasteiger partial charge in [-0.15, -0.1) is 10.2 Å². The molecule has 0 saturated carbocycles. The van der Waals surface area contributed by atoms with E-state index in [9.17, 15) is 9.18 Å². The van der Waals surface area contributed by atoms with E-state index in [1.807, 2.05) is 40.9 Å². The van der Waals surface area contributed by atoms with E-state index < -0.39 is 11.7 Å². The summed E-state index contributed by atoms with van der Waals surface area (Å²) in [5.41, 5.74) is 2.41. The molecular formula is C20H14BrFN4O. The lowest BCUT2D eigenvalue weighted by molar-refractivity contribution is 0.102. The van der Waals surface area contributed by atoms with Crippen molar-refractivity contribution < 1.29 is 9.18 Å². The number of halogens is 2. The van der Waals surface area contributed by atoms with Crippen molar-refractivity contribution in [1.29, 1.82) is 0 Å². The van der Waals surface area contributed by atoms with Crippen LogP contribution in [0.3, 0.4) is 0 Å². The standard InChI is InChI=1S/C20H14BrFN4O/c21-14-6-9-17(22)16(12-14)20(27)23-15-7-4-13(5-8-15)11-19-25-24-18-3-1-2-10-26(18)19/h1-10,12H,11H2,(H,23,27). The summed E-state index contributed by atoms with van der Waals surface area (Å²) in [7, 11) is 0. The largest absolute Gasteiger partial charge is 0.322 e. The minimum Gasteiger partial charge on any atom is -0.322 e. The van der Waals surface area contributed by atoms with Crippen molar-refractivity contribution in [3.63, 3.8) is 0 Å². The number of rotatable bonds is 4. The second-order valence-corrected chi connectivity index (χ2v) is 6.91. The van der Waals surface area contributed by atoms with Gasteiger partial charge in [-0.05, 0) is 48.0 Å². The van der Waals surface area contributed by atoms with Gasteiger partial charge in [0, 0.05) is 22.8 Å². The second-order valence-electron chi connectivity index (χ2n) is 6.00. The molecule has 0 bridgehead atoms. The van der Waals surface area contributed by atoms with Crippen LogP contribution in [0.1, 0.15) is 21.7 Å². The molecule has 0 unspecified atom stereocenters. The van der Waals surface area contributed by atoms with E-state index in [1.54, 1.807) is 18.2 Å². The first-order valence-corrected chi connectivity index (χ1v) is 9.03. The number of aromatic nitrogens is 3. The zero-order valence-electron chi connectivity index (χ0n) is 14.1. The zero-order chi connectivity index (χ0) is 18.8. The van der Waals surface area contributed by atoms with E-state index in [4.69, 9.17) is 0 Å². The van der Waals surface area contributed by atoms with Crippen LogP contribution >= 0.6 is 15.9 Å². The number of benzene rings is 2. The molecule has 0 atom stereocenters. The number of amides is 1. The maximum Gasteiger partial charge on any atom is 0.258 e. The predicted molar refractivity (Wildman–Crippen MR) is 104 cm³/mol. The molecule has 2 heterocycles. The molecule has 1 N–H and O–H groups in total. The lowest BCUT2D eigenvalue weighted by Gasteiger charge is -2.08. The lowest BCUT2D eigenvalue weighted by atomic mass is 10.1. The Bertz CT molecular complexity index is 1120. The first-order valence-electron chi connectivity index (χ1n) is 8.24. The third-order valence-corrected chi connectivity index (χ3v) is 4.62. The number of carbonyl (C=O) groups excluding carboxylic acids is 1. The number of fused-ring (bicyclic) bond motifs is 1. The van der Waals surface area contributed by atoms with E-state index in [0.717, 1.165) is 17.0 Å². The lowest BCUT2D eigenvalue weighted by Crippen LogP contribution is -2.13. The Morgan fingerprint density at radius 2 is 1.89 bits per heavy atom. The number of pyridine rings is 1. The van der Waals surface area contributed by atoms with Crippen LogP contribution in [0.4, 0.5) is 10.1 Å². The summed E-state index contributed by atoms with van der Waals surface area (Å²) in [5.74, 6) is -0.227. The maximum atomic E-state index is 13.8. The van der Waals surface area contributed by atoms with Crippen LogP contribution in [0.2, 0.25) is 0 Å². The smallest absolute Gasteiger partial charge is 0.258 e. The molecule has 2 aromatic carbocycles. The molecule has 0 aliphatic heterocycles. The van der Waals surface area contributed by atoms with Gasteiger partial charge in [0.2, 0.25) is 0 Å². The molecule has 5 nitrogen and oxygen atoms in total. The van der Waals surface area contributed by atoms with Crippen LogP contribution in [-0.2, 0) is 6.42 Å². The molecule has 7 heteroatoms. The first kappa shape index (κ1) is 17.4. The fourth-order valence-electron chi connectivity index (χ4n) is 2.77. The number of nitrogens with one attached hydrogen (secondary N) is 1. The van der Waals surface area contributed by atoms with Gasteiger partial charge in [0.25, 0.3) is 5.91 Å².